The molecule has 1 amide bonds. The standard InChI is InChI=1S/C19H28N2O4/c1-20(2)10-12-23-17-13-21(16-9-6-11-24-19(16)17)18(22)14-25-15-7-4-3-5-8-15/h3-5,7-8,16-17,19H,6,9-14H2,1-2H3/t16-,17-,19+/m1/s1. The highest BCUT2D eigenvalue weighted by molar-refractivity contribution is 5.78. The van der Waals surface area contributed by atoms with Crippen LogP contribution in [0.5, 0.6) is 5.75 Å². The van der Waals surface area contributed by atoms with E-state index in [1.807, 2.05) is 49.3 Å². The summed E-state index contributed by atoms with van der Waals surface area (Å²) in [4.78, 5) is 16.7. The van der Waals surface area contributed by atoms with Crippen molar-refractivity contribution in [2.45, 2.75) is 31.1 Å². The molecule has 2 aliphatic rings. The first-order valence-electron chi connectivity index (χ1n) is 9.00. The lowest BCUT2D eigenvalue weighted by atomic mass is 10.0. The molecule has 2 saturated heterocycles. The molecular weight excluding hydrogens is 320 g/mol. The highest BCUT2D eigenvalue weighted by Gasteiger charge is 2.46. The van der Waals surface area contributed by atoms with Gasteiger partial charge in [0.25, 0.3) is 5.91 Å². The third-order valence-corrected chi connectivity index (χ3v) is 4.77. The average Bonchev–Trinajstić information content (AvgIpc) is 2.99. The molecule has 6 nitrogen and oxygen atoms in total. The van der Waals surface area contributed by atoms with Crippen molar-refractivity contribution in [3.05, 3.63) is 30.3 Å². The molecule has 25 heavy (non-hydrogen) atoms. The third kappa shape index (κ3) is 4.71. The van der Waals surface area contributed by atoms with Crippen LogP contribution in [0.2, 0.25) is 0 Å². The van der Waals surface area contributed by atoms with Crippen molar-refractivity contribution in [1.29, 1.82) is 0 Å². The van der Waals surface area contributed by atoms with Gasteiger partial charge in [0.2, 0.25) is 0 Å². The summed E-state index contributed by atoms with van der Waals surface area (Å²) >= 11 is 0. The second-order valence-electron chi connectivity index (χ2n) is 6.91. The molecule has 2 heterocycles. The van der Waals surface area contributed by atoms with Gasteiger partial charge in [-0.15, -0.1) is 0 Å². The maximum Gasteiger partial charge on any atom is 0.260 e. The van der Waals surface area contributed by atoms with Gasteiger partial charge in [-0.3, -0.25) is 4.79 Å². The molecule has 6 heteroatoms. The Labute approximate surface area is 149 Å². The van der Waals surface area contributed by atoms with Gasteiger partial charge in [0.05, 0.1) is 19.2 Å². The van der Waals surface area contributed by atoms with E-state index in [1.165, 1.54) is 0 Å². The summed E-state index contributed by atoms with van der Waals surface area (Å²) in [7, 11) is 4.04. The SMILES string of the molecule is CN(C)CCO[C@@H]1CN(C(=O)COc2ccccc2)[C@@H]2CCCO[C@@H]21. The predicted molar refractivity (Wildman–Crippen MR) is 94.7 cm³/mol. The first-order valence-corrected chi connectivity index (χ1v) is 9.00. The van der Waals surface area contributed by atoms with E-state index in [0.29, 0.717) is 18.9 Å². The van der Waals surface area contributed by atoms with Crippen LogP contribution < -0.4 is 4.74 Å². The van der Waals surface area contributed by atoms with Gasteiger partial charge in [-0.2, -0.15) is 0 Å². The minimum atomic E-state index is -0.0501. The maximum absolute atomic E-state index is 12.7. The Morgan fingerprint density at radius 2 is 2.12 bits per heavy atom. The Bertz CT molecular complexity index is 552. The zero-order valence-electron chi connectivity index (χ0n) is 15.1. The molecule has 3 rings (SSSR count). The molecule has 0 bridgehead atoms. The summed E-state index contributed by atoms with van der Waals surface area (Å²) in [5.74, 6) is 0.716. The molecule has 0 N–H and O–H groups in total. The van der Waals surface area contributed by atoms with Crippen LogP contribution in [0.15, 0.2) is 30.3 Å². The van der Waals surface area contributed by atoms with Crippen LogP contribution in [-0.4, -0.2) is 81.0 Å². The summed E-state index contributed by atoms with van der Waals surface area (Å²) in [5.41, 5.74) is 0. The second-order valence-corrected chi connectivity index (χ2v) is 6.91. The monoisotopic (exact) mass is 348 g/mol. The molecule has 2 aliphatic heterocycles. The van der Waals surface area contributed by atoms with Gasteiger partial charge in [-0.1, -0.05) is 18.2 Å². The Balaban J connectivity index is 1.57. The van der Waals surface area contributed by atoms with Crippen LogP contribution in [0.4, 0.5) is 0 Å². The predicted octanol–water partition coefficient (Wildman–Crippen LogP) is 1.40. The van der Waals surface area contributed by atoms with Crippen LogP contribution in [-0.2, 0) is 14.3 Å². The number of para-hydroxylation sites is 1. The lowest BCUT2D eigenvalue weighted by Gasteiger charge is -2.32. The number of hydrogen-bond acceptors (Lipinski definition) is 5. The third-order valence-electron chi connectivity index (χ3n) is 4.77. The van der Waals surface area contributed by atoms with Gasteiger partial charge in [0.1, 0.15) is 18.0 Å². The number of benzene rings is 1. The van der Waals surface area contributed by atoms with Crippen molar-refractivity contribution in [1.82, 2.24) is 9.80 Å². The van der Waals surface area contributed by atoms with Crippen LogP contribution in [0.25, 0.3) is 0 Å². The van der Waals surface area contributed by atoms with Gasteiger partial charge in [-0.25, -0.2) is 0 Å². The Morgan fingerprint density at radius 1 is 1.32 bits per heavy atom. The van der Waals surface area contributed by atoms with Crippen molar-refractivity contribution < 1.29 is 19.0 Å². The number of fused-ring (bicyclic) bond motifs is 1. The zero-order valence-corrected chi connectivity index (χ0v) is 15.1. The summed E-state index contributed by atoms with van der Waals surface area (Å²) in [6.45, 7) is 2.89. The largest absolute Gasteiger partial charge is 0.484 e. The average molecular weight is 348 g/mol. The van der Waals surface area contributed by atoms with E-state index in [2.05, 4.69) is 4.90 Å². The number of carbonyl (C=O) groups is 1. The van der Waals surface area contributed by atoms with E-state index in [4.69, 9.17) is 14.2 Å². The molecule has 0 unspecified atom stereocenters. The number of rotatable bonds is 7. The summed E-state index contributed by atoms with van der Waals surface area (Å²) in [6, 6.07) is 9.54. The smallest absolute Gasteiger partial charge is 0.260 e. The van der Waals surface area contributed by atoms with Crippen LogP contribution in [0.1, 0.15) is 12.8 Å². The number of hydrogen-bond donors (Lipinski definition) is 0. The normalized spacial score (nSPS) is 25.9. The summed E-state index contributed by atoms with van der Waals surface area (Å²) < 4.78 is 17.6. The molecule has 0 aliphatic carbocycles. The van der Waals surface area contributed by atoms with E-state index >= 15 is 0 Å². The fourth-order valence-corrected chi connectivity index (χ4v) is 3.47. The van der Waals surface area contributed by atoms with Gasteiger partial charge in [-0.05, 0) is 39.1 Å². The van der Waals surface area contributed by atoms with Crippen molar-refractivity contribution >= 4 is 5.91 Å². The quantitative estimate of drug-likeness (QED) is 0.746. The Morgan fingerprint density at radius 3 is 2.88 bits per heavy atom. The van der Waals surface area contributed by atoms with Crippen molar-refractivity contribution in [2.75, 3.05) is 47.0 Å². The fourth-order valence-electron chi connectivity index (χ4n) is 3.47. The lowest BCUT2D eigenvalue weighted by molar-refractivity contribution is -0.136. The molecule has 0 spiro atoms. The van der Waals surface area contributed by atoms with Gasteiger partial charge < -0.3 is 24.0 Å². The molecule has 2 fully saturated rings. The molecule has 0 radical (unpaired) electrons. The number of carbonyl (C=O) groups excluding carboxylic acids is 1. The second kappa shape index (κ2) is 8.65. The van der Waals surface area contributed by atoms with E-state index in [1.54, 1.807) is 0 Å². The fraction of sp³-hybridized carbons (Fsp3) is 0.632. The Kier molecular flexibility index (Phi) is 6.29. The molecule has 138 valence electrons. The maximum atomic E-state index is 12.7. The number of likely N-dealkylation sites (tertiary alicyclic amines) is 1. The van der Waals surface area contributed by atoms with E-state index in [0.717, 1.165) is 26.0 Å². The molecule has 3 atom stereocenters. The summed E-state index contributed by atoms with van der Waals surface area (Å²) in [5, 5.41) is 0. The van der Waals surface area contributed by atoms with Crippen molar-refractivity contribution in [3.8, 4) is 5.75 Å². The highest BCUT2D eigenvalue weighted by atomic mass is 16.5. The zero-order chi connectivity index (χ0) is 17.6. The summed E-state index contributed by atoms with van der Waals surface area (Å²) in [6.07, 6.45) is 1.88. The van der Waals surface area contributed by atoms with Gasteiger partial charge in [0.15, 0.2) is 6.61 Å². The Hall–Kier alpha value is -1.63. The van der Waals surface area contributed by atoms with E-state index < -0.39 is 0 Å². The molecule has 1 aromatic carbocycles. The molecule has 0 aromatic heterocycles. The highest BCUT2D eigenvalue weighted by Crippen LogP contribution is 2.30. The lowest BCUT2D eigenvalue weighted by Crippen LogP contribution is -2.45. The number of ether oxygens (including phenoxy) is 3. The van der Waals surface area contributed by atoms with E-state index in [9.17, 15) is 4.79 Å². The van der Waals surface area contributed by atoms with Crippen molar-refractivity contribution in [3.63, 3.8) is 0 Å². The van der Waals surface area contributed by atoms with Crippen molar-refractivity contribution in [2.24, 2.45) is 0 Å². The molecule has 0 saturated carbocycles. The van der Waals surface area contributed by atoms with Gasteiger partial charge >= 0.3 is 0 Å². The minimum absolute atomic E-state index is 0.00284. The number of amides is 1. The van der Waals surface area contributed by atoms with Crippen LogP contribution in [0, 0.1) is 0 Å². The van der Waals surface area contributed by atoms with E-state index in [-0.39, 0.29) is 30.8 Å². The minimum Gasteiger partial charge on any atom is -0.484 e. The van der Waals surface area contributed by atoms with Crippen LogP contribution >= 0.6 is 0 Å². The first-order chi connectivity index (χ1) is 12.1. The number of likely N-dealkylation sites (N-methyl/N-ethyl adjacent to an activating group) is 1. The van der Waals surface area contributed by atoms with Gasteiger partial charge in [0, 0.05) is 13.2 Å². The number of nitrogens with zero attached hydrogens (tertiary/aromatic N) is 2. The first kappa shape index (κ1) is 18.2. The van der Waals surface area contributed by atoms with Crippen LogP contribution in [0.3, 0.4) is 0 Å². The molecular formula is C19H28N2O4. The molecule has 1 aromatic rings. The topological polar surface area (TPSA) is 51.2 Å².